The predicted octanol–water partition coefficient (Wildman–Crippen LogP) is 3.60. The van der Waals surface area contributed by atoms with Crippen LogP contribution in [-0.4, -0.2) is 12.9 Å². The van der Waals surface area contributed by atoms with E-state index in [-0.39, 0.29) is 17.1 Å². The quantitative estimate of drug-likeness (QED) is 0.545. The third kappa shape index (κ3) is 3.05. The topological polar surface area (TPSA) is 26.3 Å². The summed E-state index contributed by atoms with van der Waals surface area (Å²) in [6.45, 7) is 2.07. The largest absolute Gasteiger partial charge is 0.494 e. The van der Waals surface area contributed by atoms with Crippen molar-refractivity contribution in [3.63, 3.8) is 0 Å². The van der Waals surface area contributed by atoms with Gasteiger partial charge in [0.1, 0.15) is 0 Å². The molecule has 1 aromatic rings. The highest BCUT2D eigenvalue weighted by Crippen LogP contribution is 2.21. The van der Waals surface area contributed by atoms with Gasteiger partial charge in [0.05, 0.1) is 12.7 Å². The Balaban J connectivity index is 2.75. The van der Waals surface area contributed by atoms with Gasteiger partial charge in [-0.2, -0.15) is 0 Å². The Labute approximate surface area is 95.4 Å². The fourth-order valence-electron chi connectivity index (χ4n) is 1.55. The molecule has 0 aliphatic rings. The smallest absolute Gasteiger partial charge is 0.175 e. The van der Waals surface area contributed by atoms with Gasteiger partial charge in [0, 0.05) is 6.42 Å². The summed E-state index contributed by atoms with van der Waals surface area (Å²) in [6.07, 6.45) is 3.26. The summed E-state index contributed by atoms with van der Waals surface area (Å²) in [7, 11) is 1.39. The second-order valence-electron chi connectivity index (χ2n) is 3.70. The molecule has 1 aromatic carbocycles. The standard InChI is InChI=1S/C13H17FO2/c1-3-4-5-8-11(15)10-7-6-9-12(16-2)13(10)14/h6-7,9H,3-5,8H2,1-2H3. The summed E-state index contributed by atoms with van der Waals surface area (Å²) in [6, 6.07) is 4.65. The molecule has 0 radical (unpaired) electrons. The van der Waals surface area contributed by atoms with E-state index in [1.165, 1.54) is 19.2 Å². The molecule has 0 atom stereocenters. The zero-order valence-corrected chi connectivity index (χ0v) is 9.75. The summed E-state index contributed by atoms with van der Waals surface area (Å²) < 4.78 is 18.5. The average Bonchev–Trinajstić information content (AvgIpc) is 2.29. The molecule has 3 heteroatoms. The van der Waals surface area contributed by atoms with Crippen molar-refractivity contribution in [3.05, 3.63) is 29.6 Å². The number of methoxy groups -OCH3 is 1. The summed E-state index contributed by atoms with van der Waals surface area (Å²) >= 11 is 0. The highest BCUT2D eigenvalue weighted by atomic mass is 19.1. The molecule has 0 amide bonds. The van der Waals surface area contributed by atoms with Crippen LogP contribution in [-0.2, 0) is 0 Å². The molecule has 0 fully saturated rings. The lowest BCUT2D eigenvalue weighted by Crippen LogP contribution is -2.03. The van der Waals surface area contributed by atoms with Crippen molar-refractivity contribution < 1.29 is 13.9 Å². The van der Waals surface area contributed by atoms with Crippen molar-refractivity contribution >= 4 is 5.78 Å². The molecular formula is C13H17FO2. The Bertz CT molecular complexity index is 361. The van der Waals surface area contributed by atoms with Crippen molar-refractivity contribution in [2.75, 3.05) is 7.11 Å². The molecule has 0 saturated heterocycles. The van der Waals surface area contributed by atoms with Crippen LogP contribution in [0.5, 0.6) is 5.75 Å². The number of hydrogen-bond donors (Lipinski definition) is 0. The molecule has 0 unspecified atom stereocenters. The number of Topliss-reactive ketones (excluding diaryl/α,β-unsaturated/α-hetero) is 1. The van der Waals surface area contributed by atoms with Crippen LogP contribution in [0.4, 0.5) is 4.39 Å². The van der Waals surface area contributed by atoms with Gasteiger partial charge in [-0.3, -0.25) is 4.79 Å². The third-order valence-electron chi connectivity index (χ3n) is 2.49. The monoisotopic (exact) mass is 224 g/mol. The van der Waals surface area contributed by atoms with Crippen LogP contribution in [0.1, 0.15) is 43.0 Å². The summed E-state index contributed by atoms with van der Waals surface area (Å²) in [4.78, 5) is 11.7. The number of unbranched alkanes of at least 4 members (excludes halogenated alkanes) is 2. The van der Waals surface area contributed by atoms with E-state index >= 15 is 0 Å². The van der Waals surface area contributed by atoms with E-state index < -0.39 is 5.82 Å². The van der Waals surface area contributed by atoms with Crippen molar-refractivity contribution in [3.8, 4) is 5.75 Å². The zero-order valence-electron chi connectivity index (χ0n) is 9.75. The highest BCUT2D eigenvalue weighted by Gasteiger charge is 2.14. The number of hydrogen-bond acceptors (Lipinski definition) is 2. The first-order valence-electron chi connectivity index (χ1n) is 5.56. The first kappa shape index (κ1) is 12.7. The normalized spacial score (nSPS) is 10.2. The van der Waals surface area contributed by atoms with E-state index in [9.17, 15) is 9.18 Å². The molecule has 0 aliphatic carbocycles. The van der Waals surface area contributed by atoms with Gasteiger partial charge in [0.15, 0.2) is 17.3 Å². The summed E-state index contributed by atoms with van der Waals surface area (Å²) in [5.74, 6) is -0.572. The van der Waals surface area contributed by atoms with Crippen LogP contribution in [0.25, 0.3) is 0 Å². The number of carbonyl (C=O) groups is 1. The molecular weight excluding hydrogens is 207 g/mol. The van der Waals surface area contributed by atoms with Crippen LogP contribution in [0.15, 0.2) is 18.2 Å². The van der Waals surface area contributed by atoms with E-state index in [1.54, 1.807) is 6.07 Å². The molecule has 2 nitrogen and oxygen atoms in total. The molecule has 1 rings (SSSR count). The van der Waals surface area contributed by atoms with Gasteiger partial charge in [-0.25, -0.2) is 4.39 Å². The molecule has 0 bridgehead atoms. The maximum Gasteiger partial charge on any atom is 0.175 e. The SMILES string of the molecule is CCCCCC(=O)c1cccc(OC)c1F. The lowest BCUT2D eigenvalue weighted by molar-refractivity contribution is 0.0974. The van der Waals surface area contributed by atoms with E-state index in [0.29, 0.717) is 6.42 Å². The second kappa shape index (κ2) is 6.26. The number of rotatable bonds is 6. The maximum atomic E-state index is 13.7. The number of carbonyl (C=O) groups excluding carboxylic acids is 1. The van der Waals surface area contributed by atoms with Crippen molar-refractivity contribution in [2.24, 2.45) is 0 Å². The molecule has 88 valence electrons. The fraction of sp³-hybridized carbons (Fsp3) is 0.462. The Morgan fingerprint density at radius 1 is 1.38 bits per heavy atom. The first-order chi connectivity index (χ1) is 7.70. The van der Waals surface area contributed by atoms with Crippen LogP contribution in [0.3, 0.4) is 0 Å². The van der Waals surface area contributed by atoms with Gasteiger partial charge in [-0.15, -0.1) is 0 Å². The molecule has 0 N–H and O–H groups in total. The van der Waals surface area contributed by atoms with Gasteiger partial charge in [0.2, 0.25) is 0 Å². The van der Waals surface area contributed by atoms with Gasteiger partial charge in [-0.05, 0) is 18.6 Å². The number of benzene rings is 1. The average molecular weight is 224 g/mol. The van der Waals surface area contributed by atoms with Crippen LogP contribution < -0.4 is 4.74 Å². The van der Waals surface area contributed by atoms with E-state index in [1.807, 2.05) is 0 Å². The van der Waals surface area contributed by atoms with Crippen molar-refractivity contribution in [1.82, 2.24) is 0 Å². The Morgan fingerprint density at radius 2 is 2.12 bits per heavy atom. The van der Waals surface area contributed by atoms with Gasteiger partial charge in [-0.1, -0.05) is 25.8 Å². The highest BCUT2D eigenvalue weighted by molar-refractivity contribution is 5.96. The van der Waals surface area contributed by atoms with Crippen LogP contribution >= 0.6 is 0 Å². The predicted molar refractivity (Wildman–Crippen MR) is 61.4 cm³/mol. The van der Waals surface area contributed by atoms with Crippen molar-refractivity contribution in [1.29, 1.82) is 0 Å². The molecule has 0 heterocycles. The lowest BCUT2D eigenvalue weighted by Gasteiger charge is -2.06. The van der Waals surface area contributed by atoms with Crippen LogP contribution in [0.2, 0.25) is 0 Å². The Morgan fingerprint density at radius 3 is 2.75 bits per heavy atom. The minimum absolute atomic E-state index is 0.126. The van der Waals surface area contributed by atoms with E-state index in [2.05, 4.69) is 6.92 Å². The molecule has 0 aromatic heterocycles. The Hall–Kier alpha value is -1.38. The fourth-order valence-corrected chi connectivity index (χ4v) is 1.55. The number of ether oxygens (including phenoxy) is 1. The van der Waals surface area contributed by atoms with Gasteiger partial charge >= 0.3 is 0 Å². The number of ketones is 1. The third-order valence-corrected chi connectivity index (χ3v) is 2.49. The van der Waals surface area contributed by atoms with E-state index in [0.717, 1.165) is 19.3 Å². The summed E-state index contributed by atoms with van der Waals surface area (Å²) in [5.41, 5.74) is 0.135. The van der Waals surface area contributed by atoms with Crippen LogP contribution in [0, 0.1) is 5.82 Å². The minimum Gasteiger partial charge on any atom is -0.494 e. The molecule has 0 saturated carbocycles. The summed E-state index contributed by atoms with van der Waals surface area (Å²) in [5, 5.41) is 0. The molecule has 0 aliphatic heterocycles. The zero-order chi connectivity index (χ0) is 12.0. The first-order valence-corrected chi connectivity index (χ1v) is 5.56. The number of halogens is 1. The maximum absolute atomic E-state index is 13.7. The van der Waals surface area contributed by atoms with Crippen molar-refractivity contribution in [2.45, 2.75) is 32.6 Å². The minimum atomic E-state index is -0.550. The molecule has 16 heavy (non-hydrogen) atoms. The van der Waals surface area contributed by atoms with Gasteiger partial charge < -0.3 is 4.74 Å². The molecule has 0 spiro atoms. The lowest BCUT2D eigenvalue weighted by atomic mass is 10.0. The van der Waals surface area contributed by atoms with Gasteiger partial charge in [0.25, 0.3) is 0 Å². The Kier molecular flexibility index (Phi) is 4.96. The van der Waals surface area contributed by atoms with E-state index in [4.69, 9.17) is 4.74 Å². The second-order valence-corrected chi connectivity index (χ2v) is 3.70.